The number of benzene rings is 11. The number of aromatic nitrogens is 5. The molecular formula is C95H79N5S4+4. The molecule has 0 aliphatic carbocycles. The lowest BCUT2D eigenvalue weighted by molar-refractivity contribution is -0.659. The van der Waals surface area contributed by atoms with Crippen molar-refractivity contribution in [3.05, 3.63) is 306 Å². The quantitative estimate of drug-likeness (QED) is 0.161. The zero-order chi connectivity index (χ0) is 76.3. The van der Waals surface area contributed by atoms with Gasteiger partial charge in [-0.15, -0.1) is 45.3 Å². The summed E-state index contributed by atoms with van der Waals surface area (Å²) in [6.45, 7) is 8.43. The Kier molecular flexibility index (Phi) is 15.3. The number of para-hydroxylation sites is 1. The lowest BCUT2D eigenvalue weighted by Crippen LogP contribution is -2.31. The summed E-state index contributed by atoms with van der Waals surface area (Å²) >= 11 is 7.19. The SMILES string of the molecule is Cc1ccc(-c2c3sc4ccc5ccccc5c4c3c(C)c[n+]2C)c(C)c1.Cc1ccccc1-c1c2sc3ccc4ccccc4c3c2cc[n+]1C.Cc1ccccc1-c1c2sc3nc4ccccc4cc3c2cc[n+]1C.[2H]C([2H])([2H])c1ccc(-c2c3sc4ccc5ccccc5c4c3c(C([2H])([2H])[2H])c[n+]2C)c(C)c1. The summed E-state index contributed by atoms with van der Waals surface area (Å²) in [4.78, 5) is 6.02. The molecule has 20 aromatic rings. The molecule has 0 aliphatic heterocycles. The van der Waals surface area contributed by atoms with E-state index < -0.39 is 13.7 Å². The number of hydrogen-bond acceptors (Lipinski definition) is 5. The molecular weight excluding hydrogens is 1340 g/mol. The van der Waals surface area contributed by atoms with Crippen LogP contribution in [0.25, 0.3) is 169 Å². The number of fused-ring (bicyclic) bond motifs is 19. The van der Waals surface area contributed by atoms with Crippen LogP contribution in [0.1, 0.15) is 52.7 Å². The van der Waals surface area contributed by atoms with E-state index in [0.29, 0.717) is 11.1 Å². The lowest BCUT2D eigenvalue weighted by atomic mass is 9.98. The molecule has 11 aromatic carbocycles. The fourth-order valence-electron chi connectivity index (χ4n) is 15.8. The van der Waals surface area contributed by atoms with Gasteiger partial charge in [0.05, 0.1) is 27.8 Å². The monoisotopic (exact) mass is 1420 g/mol. The van der Waals surface area contributed by atoms with Crippen molar-refractivity contribution in [2.75, 3.05) is 0 Å². The molecule has 0 N–H and O–H groups in total. The van der Waals surface area contributed by atoms with Gasteiger partial charge in [-0.05, 0) is 164 Å². The van der Waals surface area contributed by atoms with Crippen LogP contribution in [0, 0.1) is 55.2 Å². The van der Waals surface area contributed by atoms with E-state index in [2.05, 4.69) is 276 Å². The van der Waals surface area contributed by atoms with Crippen molar-refractivity contribution in [2.24, 2.45) is 28.2 Å². The van der Waals surface area contributed by atoms with Crippen LogP contribution >= 0.6 is 45.3 Å². The van der Waals surface area contributed by atoms with Crippen LogP contribution in [0.5, 0.6) is 0 Å². The molecule has 9 heterocycles. The molecule has 5 nitrogen and oxygen atoms in total. The van der Waals surface area contributed by atoms with Gasteiger partial charge in [0.1, 0.15) is 51.8 Å². The van der Waals surface area contributed by atoms with Gasteiger partial charge in [-0.2, -0.15) is 18.3 Å². The van der Waals surface area contributed by atoms with E-state index in [1.165, 1.54) is 144 Å². The van der Waals surface area contributed by atoms with Gasteiger partial charge in [0.2, 0.25) is 22.8 Å². The van der Waals surface area contributed by atoms with Crippen LogP contribution < -0.4 is 18.3 Å². The molecule has 0 unspecified atom stereocenters. The normalized spacial score (nSPS) is 12.8. The summed E-state index contributed by atoms with van der Waals surface area (Å²) < 4.78 is 65.3. The largest absolute Gasteiger partial charge is 0.237 e. The number of rotatable bonds is 4. The van der Waals surface area contributed by atoms with Crippen LogP contribution in [-0.4, -0.2) is 4.98 Å². The maximum Gasteiger partial charge on any atom is 0.230 e. The zero-order valence-electron chi connectivity index (χ0n) is 65.7. The van der Waals surface area contributed by atoms with Crippen LogP contribution in [0.15, 0.2) is 261 Å². The molecule has 0 atom stereocenters. The predicted molar refractivity (Wildman–Crippen MR) is 449 cm³/mol. The Bertz CT molecular complexity index is 7150. The fraction of sp³-hybridized carbons (Fsp3) is 0.126. The first kappa shape index (κ1) is 59.6. The van der Waals surface area contributed by atoms with Gasteiger partial charge in [-0.25, -0.2) is 4.98 Å². The van der Waals surface area contributed by atoms with Crippen molar-refractivity contribution in [2.45, 2.75) is 55.2 Å². The Balaban J connectivity index is 0.000000108. The van der Waals surface area contributed by atoms with Gasteiger partial charge in [-0.3, -0.25) is 0 Å². The Morgan fingerprint density at radius 3 is 1.25 bits per heavy atom. The first-order valence-electron chi connectivity index (χ1n) is 38.1. The third-order valence-electron chi connectivity index (χ3n) is 20.7. The highest BCUT2D eigenvalue weighted by Gasteiger charge is 2.28. The highest BCUT2D eigenvalue weighted by atomic mass is 32.1. The molecule has 0 bridgehead atoms. The molecule has 104 heavy (non-hydrogen) atoms. The predicted octanol–water partition coefficient (Wildman–Crippen LogP) is 24.7. The van der Waals surface area contributed by atoms with Gasteiger partial charge in [0.15, 0.2) is 24.8 Å². The Labute approximate surface area is 630 Å². The first-order valence-corrected chi connectivity index (χ1v) is 38.4. The van der Waals surface area contributed by atoms with E-state index in [9.17, 15) is 0 Å². The van der Waals surface area contributed by atoms with E-state index in [0.717, 1.165) is 58.1 Å². The number of aryl methyl sites for hydroxylation is 12. The van der Waals surface area contributed by atoms with Gasteiger partial charge >= 0.3 is 0 Å². The molecule has 20 rings (SSSR count). The average Bonchev–Trinajstić information content (AvgIpc) is 1.56. The summed E-state index contributed by atoms with van der Waals surface area (Å²) in [7, 11) is 8.28. The molecule has 0 saturated heterocycles. The Morgan fingerprint density at radius 1 is 0.288 bits per heavy atom. The molecule has 0 aliphatic rings. The van der Waals surface area contributed by atoms with Crippen molar-refractivity contribution < 1.29 is 26.5 Å². The Hall–Kier alpha value is -10.9. The molecule has 9 heteroatoms. The topological polar surface area (TPSA) is 28.4 Å². The highest BCUT2D eigenvalue weighted by molar-refractivity contribution is 7.27. The van der Waals surface area contributed by atoms with Crippen LogP contribution in [0.2, 0.25) is 0 Å². The van der Waals surface area contributed by atoms with Crippen LogP contribution in [-0.2, 0) is 28.2 Å². The van der Waals surface area contributed by atoms with Crippen LogP contribution in [0.4, 0.5) is 0 Å². The second-order valence-electron chi connectivity index (χ2n) is 27.6. The highest BCUT2D eigenvalue weighted by Crippen LogP contribution is 2.47. The first-order chi connectivity index (χ1) is 53.0. The van der Waals surface area contributed by atoms with E-state index in [1.54, 1.807) is 41.0 Å². The van der Waals surface area contributed by atoms with E-state index in [1.807, 2.05) is 77.6 Å². The second-order valence-corrected chi connectivity index (χ2v) is 31.8. The average molecular weight is 1430 g/mol. The molecule has 0 saturated carbocycles. The van der Waals surface area contributed by atoms with E-state index in [-0.39, 0.29) is 0 Å². The standard InChI is InChI=1S/2C25H22NS.C23H18NS.C22H17N2S/c2*1-15-9-11-19(16(2)13-15)24-25-22(17(3)14-26(24)4)23-20-8-6-5-7-18(20)10-12-21(23)27-25;1-15-7-3-5-9-17(15)22-23-19(13-14-24(22)2)21-18-10-6-4-8-16(18)11-12-20(21)25-23;1-14-7-3-5-9-16(14)20-21-17(11-12-24(20)2)18-13-15-8-4-6-10-19(15)23-22(18)25-21/h2*5-14H,1-4H3;3-14H,1-2H3;3-13H,1-2H3/q4*+1/i1D3,3D3;;;. The van der Waals surface area contributed by atoms with Crippen LogP contribution in [0.3, 0.4) is 0 Å². The minimum Gasteiger partial charge on any atom is -0.237 e. The third-order valence-corrected chi connectivity index (χ3v) is 25.3. The summed E-state index contributed by atoms with van der Waals surface area (Å²) in [5.41, 5.74) is 18.7. The van der Waals surface area contributed by atoms with Gasteiger partial charge < -0.3 is 0 Å². The van der Waals surface area contributed by atoms with E-state index >= 15 is 0 Å². The van der Waals surface area contributed by atoms with Crippen molar-refractivity contribution >= 4 is 169 Å². The third kappa shape index (κ3) is 11.5. The number of nitrogens with zero attached hydrogens (tertiary/aromatic N) is 5. The molecule has 504 valence electrons. The minimum atomic E-state index is -2.28. The lowest BCUT2D eigenvalue weighted by Gasteiger charge is -2.08. The smallest absolute Gasteiger partial charge is 0.230 e. The minimum absolute atomic E-state index is 0.295. The fourth-order valence-corrected chi connectivity index (χ4v) is 21.0. The van der Waals surface area contributed by atoms with Gasteiger partial charge in [-0.1, -0.05) is 181 Å². The van der Waals surface area contributed by atoms with Crippen molar-refractivity contribution in [3.8, 4) is 45.0 Å². The molecule has 0 spiro atoms. The summed E-state index contributed by atoms with van der Waals surface area (Å²) in [6, 6.07) is 82.9. The number of thiophene rings is 4. The zero-order valence-corrected chi connectivity index (χ0v) is 63.0. The Morgan fingerprint density at radius 2 is 0.712 bits per heavy atom. The van der Waals surface area contributed by atoms with Crippen molar-refractivity contribution in [1.82, 2.24) is 4.98 Å². The van der Waals surface area contributed by atoms with Crippen molar-refractivity contribution in [3.63, 3.8) is 0 Å². The molecule has 9 aromatic heterocycles. The molecule has 0 radical (unpaired) electrons. The summed E-state index contributed by atoms with van der Waals surface area (Å²) in [5, 5.41) is 18.4. The van der Waals surface area contributed by atoms with Gasteiger partial charge in [0.25, 0.3) is 0 Å². The second kappa shape index (κ2) is 26.7. The summed E-state index contributed by atoms with van der Waals surface area (Å²) in [6.07, 6.45) is 8.34. The maximum absolute atomic E-state index is 8.25. The molecule has 0 amide bonds. The molecule has 0 fully saturated rings. The number of hydrogen-bond donors (Lipinski definition) is 0. The van der Waals surface area contributed by atoms with Gasteiger partial charge in [0, 0.05) is 94.1 Å². The maximum atomic E-state index is 8.25. The number of pyridine rings is 5. The van der Waals surface area contributed by atoms with Crippen molar-refractivity contribution in [1.29, 1.82) is 0 Å². The van der Waals surface area contributed by atoms with E-state index in [4.69, 9.17) is 13.2 Å². The summed E-state index contributed by atoms with van der Waals surface area (Å²) in [5.74, 6) is 0.